The van der Waals surface area contributed by atoms with Gasteiger partial charge in [0.25, 0.3) is 0 Å². The Labute approximate surface area is 123 Å². The lowest BCUT2D eigenvalue weighted by atomic mass is 9.95. The summed E-state index contributed by atoms with van der Waals surface area (Å²) in [6.45, 7) is 1.01. The van der Waals surface area contributed by atoms with E-state index in [0.29, 0.717) is 32.6 Å². The number of halogens is 3. The molecule has 1 amide bonds. The van der Waals surface area contributed by atoms with Crippen LogP contribution in [0.15, 0.2) is 0 Å². The molecular formula is C14H24F3N3O. The van der Waals surface area contributed by atoms with Crippen molar-refractivity contribution in [3.05, 3.63) is 0 Å². The lowest BCUT2D eigenvalue weighted by molar-refractivity contribution is -0.143. The van der Waals surface area contributed by atoms with Crippen LogP contribution in [0.3, 0.4) is 0 Å². The van der Waals surface area contributed by atoms with Crippen LogP contribution in [-0.2, 0) is 4.79 Å². The lowest BCUT2D eigenvalue weighted by Crippen LogP contribution is -2.38. The Morgan fingerprint density at radius 1 is 1.29 bits per heavy atom. The third-order valence-corrected chi connectivity index (χ3v) is 4.64. The monoisotopic (exact) mass is 307 g/mol. The minimum atomic E-state index is -4.14. The van der Waals surface area contributed by atoms with Crippen LogP contribution in [0.5, 0.6) is 0 Å². The fourth-order valence-corrected chi connectivity index (χ4v) is 3.52. The van der Waals surface area contributed by atoms with Gasteiger partial charge in [-0.1, -0.05) is 6.42 Å². The van der Waals surface area contributed by atoms with E-state index >= 15 is 0 Å². The Morgan fingerprint density at radius 2 is 2.05 bits per heavy atom. The summed E-state index contributed by atoms with van der Waals surface area (Å²) in [7, 11) is 0. The average molecular weight is 307 g/mol. The summed E-state index contributed by atoms with van der Waals surface area (Å²) in [6.07, 6.45) is -0.531. The van der Waals surface area contributed by atoms with Crippen molar-refractivity contribution in [2.24, 2.45) is 23.5 Å². The number of amides is 1. The summed E-state index contributed by atoms with van der Waals surface area (Å²) < 4.78 is 36.9. The van der Waals surface area contributed by atoms with Crippen molar-refractivity contribution < 1.29 is 18.0 Å². The van der Waals surface area contributed by atoms with Crippen LogP contribution in [0.4, 0.5) is 13.2 Å². The summed E-state index contributed by atoms with van der Waals surface area (Å²) in [6, 6.07) is 0. The zero-order valence-corrected chi connectivity index (χ0v) is 12.2. The summed E-state index contributed by atoms with van der Waals surface area (Å²) >= 11 is 0. The Hall–Kier alpha value is -0.820. The molecule has 2 fully saturated rings. The van der Waals surface area contributed by atoms with E-state index in [9.17, 15) is 18.0 Å². The van der Waals surface area contributed by atoms with E-state index in [1.807, 2.05) is 0 Å². The summed E-state index contributed by atoms with van der Waals surface area (Å²) in [5, 5.41) is 2.91. The highest BCUT2D eigenvalue weighted by molar-refractivity contribution is 5.79. The van der Waals surface area contributed by atoms with Gasteiger partial charge in [0.1, 0.15) is 0 Å². The molecular weight excluding hydrogens is 283 g/mol. The number of carbonyl (C=O) groups excluding carboxylic acids is 1. The number of alkyl halides is 3. The van der Waals surface area contributed by atoms with Crippen LogP contribution < -0.4 is 11.1 Å². The van der Waals surface area contributed by atoms with Crippen LogP contribution in [0.2, 0.25) is 0 Å². The number of nitrogens with one attached hydrogen (secondary N) is 1. The first-order valence-corrected chi connectivity index (χ1v) is 7.66. The van der Waals surface area contributed by atoms with Crippen LogP contribution in [0, 0.1) is 17.8 Å². The quantitative estimate of drug-likeness (QED) is 0.806. The molecule has 1 aliphatic heterocycles. The lowest BCUT2D eigenvalue weighted by Gasteiger charge is -2.20. The molecule has 1 aliphatic carbocycles. The Balaban J connectivity index is 1.71. The van der Waals surface area contributed by atoms with Crippen molar-refractivity contribution in [1.82, 2.24) is 10.2 Å². The maximum atomic E-state index is 12.3. The van der Waals surface area contributed by atoms with Crippen molar-refractivity contribution in [3.8, 4) is 0 Å². The third kappa shape index (κ3) is 4.85. The first-order chi connectivity index (χ1) is 9.89. The minimum absolute atomic E-state index is 0.0114. The van der Waals surface area contributed by atoms with Crippen LogP contribution in [0.25, 0.3) is 0 Å². The van der Waals surface area contributed by atoms with Crippen molar-refractivity contribution in [1.29, 1.82) is 0 Å². The number of hydrogen-bond acceptors (Lipinski definition) is 3. The van der Waals surface area contributed by atoms with E-state index in [2.05, 4.69) is 5.32 Å². The van der Waals surface area contributed by atoms with Crippen LogP contribution in [0.1, 0.15) is 25.7 Å². The molecule has 21 heavy (non-hydrogen) atoms. The van der Waals surface area contributed by atoms with Gasteiger partial charge in [-0.25, -0.2) is 0 Å². The normalized spacial score (nSPS) is 30.8. The molecule has 2 rings (SSSR count). The van der Waals surface area contributed by atoms with Gasteiger partial charge in [-0.2, -0.15) is 13.2 Å². The second-order valence-electron chi connectivity index (χ2n) is 6.28. The molecule has 1 saturated heterocycles. The number of nitrogens with two attached hydrogens (primary N) is 1. The molecule has 1 heterocycles. The molecule has 7 heteroatoms. The van der Waals surface area contributed by atoms with Gasteiger partial charge in [0.15, 0.2) is 0 Å². The van der Waals surface area contributed by atoms with Gasteiger partial charge >= 0.3 is 6.18 Å². The highest BCUT2D eigenvalue weighted by Gasteiger charge is 2.35. The average Bonchev–Trinajstić information content (AvgIpc) is 3.02. The number of likely N-dealkylation sites (tertiary alicyclic amines) is 1. The molecule has 0 bridgehead atoms. The largest absolute Gasteiger partial charge is 0.401 e. The van der Waals surface area contributed by atoms with Gasteiger partial charge in [-0.05, 0) is 44.2 Å². The van der Waals surface area contributed by atoms with Gasteiger partial charge in [-0.3, -0.25) is 9.69 Å². The van der Waals surface area contributed by atoms with Crippen LogP contribution >= 0.6 is 0 Å². The molecule has 3 N–H and O–H groups in total. The van der Waals surface area contributed by atoms with E-state index in [4.69, 9.17) is 5.73 Å². The predicted molar refractivity (Wildman–Crippen MR) is 73.5 cm³/mol. The Bertz CT molecular complexity index is 362. The van der Waals surface area contributed by atoms with Crippen molar-refractivity contribution in [2.45, 2.75) is 31.9 Å². The predicted octanol–water partition coefficient (Wildman–Crippen LogP) is 1.36. The SMILES string of the molecule is NCC1CCCC1C(=O)NCC1CCN(CC(F)(F)F)C1. The molecule has 0 radical (unpaired) electrons. The molecule has 3 unspecified atom stereocenters. The zero-order chi connectivity index (χ0) is 15.5. The van der Waals surface area contributed by atoms with E-state index in [-0.39, 0.29) is 23.7 Å². The molecule has 0 aromatic carbocycles. The Kier molecular flexibility index (Phi) is 5.48. The number of carbonyl (C=O) groups is 1. The third-order valence-electron chi connectivity index (χ3n) is 4.64. The van der Waals surface area contributed by atoms with E-state index in [0.717, 1.165) is 19.3 Å². The first kappa shape index (κ1) is 16.5. The maximum absolute atomic E-state index is 12.3. The van der Waals surface area contributed by atoms with E-state index < -0.39 is 12.7 Å². The van der Waals surface area contributed by atoms with Crippen molar-refractivity contribution in [3.63, 3.8) is 0 Å². The summed E-state index contributed by atoms with van der Waals surface area (Å²) in [4.78, 5) is 13.5. The molecule has 0 spiro atoms. The second kappa shape index (κ2) is 6.96. The summed E-state index contributed by atoms with van der Waals surface area (Å²) in [5.74, 6) is 0.393. The second-order valence-corrected chi connectivity index (χ2v) is 6.28. The minimum Gasteiger partial charge on any atom is -0.356 e. The number of hydrogen-bond donors (Lipinski definition) is 2. The molecule has 0 aromatic rings. The molecule has 0 aromatic heterocycles. The molecule has 122 valence electrons. The van der Waals surface area contributed by atoms with Crippen molar-refractivity contribution >= 4 is 5.91 Å². The van der Waals surface area contributed by atoms with Crippen LogP contribution in [-0.4, -0.2) is 49.7 Å². The standard InChI is InChI=1S/C14H24F3N3O/c15-14(16,17)9-20-5-4-10(8-20)7-19-13(21)12-3-1-2-11(12)6-18/h10-12H,1-9,18H2,(H,19,21). The van der Waals surface area contributed by atoms with Crippen molar-refractivity contribution in [2.75, 3.05) is 32.7 Å². The first-order valence-electron chi connectivity index (χ1n) is 7.66. The highest BCUT2D eigenvalue weighted by atomic mass is 19.4. The van der Waals surface area contributed by atoms with E-state index in [1.165, 1.54) is 4.90 Å². The number of nitrogens with zero attached hydrogens (tertiary/aromatic N) is 1. The molecule has 4 nitrogen and oxygen atoms in total. The fraction of sp³-hybridized carbons (Fsp3) is 0.929. The summed E-state index contributed by atoms with van der Waals surface area (Å²) in [5.41, 5.74) is 5.66. The zero-order valence-electron chi connectivity index (χ0n) is 12.2. The smallest absolute Gasteiger partial charge is 0.356 e. The van der Waals surface area contributed by atoms with Gasteiger partial charge in [0.2, 0.25) is 5.91 Å². The van der Waals surface area contributed by atoms with Gasteiger partial charge in [0, 0.05) is 19.0 Å². The molecule has 2 aliphatic rings. The van der Waals surface area contributed by atoms with Gasteiger partial charge in [-0.15, -0.1) is 0 Å². The highest BCUT2D eigenvalue weighted by Crippen LogP contribution is 2.31. The van der Waals surface area contributed by atoms with E-state index in [1.54, 1.807) is 0 Å². The van der Waals surface area contributed by atoms with Gasteiger partial charge in [0.05, 0.1) is 6.54 Å². The fourth-order valence-electron chi connectivity index (χ4n) is 3.52. The molecule has 1 saturated carbocycles. The topological polar surface area (TPSA) is 58.4 Å². The number of rotatable bonds is 5. The maximum Gasteiger partial charge on any atom is 0.401 e. The van der Waals surface area contributed by atoms with Gasteiger partial charge < -0.3 is 11.1 Å². The molecule has 3 atom stereocenters. The Morgan fingerprint density at radius 3 is 2.71 bits per heavy atom.